The van der Waals surface area contributed by atoms with Crippen LogP contribution >= 0.6 is 11.3 Å². The molecule has 5 nitrogen and oxygen atoms in total. The molecular weight excluding hydrogens is 332 g/mol. The minimum absolute atomic E-state index is 0.422. The molecule has 0 saturated carbocycles. The molecule has 1 amide bonds. The molecule has 0 spiro atoms. The van der Waals surface area contributed by atoms with Crippen LogP contribution in [0.2, 0.25) is 0 Å². The maximum absolute atomic E-state index is 11.7. The van der Waals surface area contributed by atoms with Gasteiger partial charge in [0.15, 0.2) is 5.82 Å². The van der Waals surface area contributed by atoms with Crippen molar-refractivity contribution in [1.82, 2.24) is 9.97 Å². The quantitative estimate of drug-likeness (QED) is 0.580. The van der Waals surface area contributed by atoms with E-state index in [-0.39, 0.29) is 0 Å². The Hall–Kier alpha value is -3.25. The van der Waals surface area contributed by atoms with E-state index in [0.717, 1.165) is 15.8 Å². The first-order valence-electron chi connectivity index (χ1n) is 7.69. The lowest BCUT2D eigenvalue weighted by molar-refractivity contribution is 0.100. The molecule has 0 radical (unpaired) electrons. The van der Waals surface area contributed by atoms with Crippen LogP contribution in [0.4, 0.5) is 11.5 Å². The van der Waals surface area contributed by atoms with Crippen molar-refractivity contribution in [2.24, 2.45) is 5.73 Å². The summed E-state index contributed by atoms with van der Waals surface area (Å²) in [5.74, 6) is 0.801. The summed E-state index contributed by atoms with van der Waals surface area (Å²) in [5, 5.41) is 6.13. The summed E-state index contributed by atoms with van der Waals surface area (Å²) in [7, 11) is 0. The molecule has 0 aliphatic carbocycles. The predicted octanol–water partition coefficient (Wildman–Crippen LogP) is 4.20. The fraction of sp³-hybridized carbons (Fsp3) is 0. The van der Waals surface area contributed by atoms with Gasteiger partial charge in [-0.2, -0.15) is 0 Å². The fourth-order valence-corrected chi connectivity index (χ4v) is 3.37. The number of hydrogen-bond donors (Lipinski definition) is 2. The number of benzene rings is 2. The minimum atomic E-state index is -0.484. The second kappa shape index (κ2) is 6.33. The number of thiophene rings is 1. The van der Waals surface area contributed by atoms with E-state index in [1.807, 2.05) is 53.9 Å². The Bertz CT molecular complexity index is 1060. The van der Waals surface area contributed by atoms with Gasteiger partial charge in [0.2, 0.25) is 0 Å². The van der Waals surface area contributed by atoms with Gasteiger partial charge >= 0.3 is 0 Å². The van der Waals surface area contributed by atoms with E-state index >= 15 is 0 Å². The molecule has 0 bridgehead atoms. The van der Waals surface area contributed by atoms with Gasteiger partial charge in [0.1, 0.15) is 10.6 Å². The summed E-state index contributed by atoms with van der Waals surface area (Å²) in [6, 6.07) is 18.9. The highest BCUT2D eigenvalue weighted by Gasteiger charge is 2.13. The number of para-hydroxylation sites is 1. The number of primary amides is 1. The van der Waals surface area contributed by atoms with Crippen LogP contribution in [-0.4, -0.2) is 15.9 Å². The lowest BCUT2D eigenvalue weighted by Gasteiger charge is -2.11. The number of aromatic nitrogens is 2. The lowest BCUT2D eigenvalue weighted by Crippen LogP contribution is -2.13. The van der Waals surface area contributed by atoms with Crippen molar-refractivity contribution >= 4 is 39.0 Å². The van der Waals surface area contributed by atoms with Crippen molar-refractivity contribution < 1.29 is 4.79 Å². The van der Waals surface area contributed by atoms with Crippen LogP contribution in [0.1, 0.15) is 10.4 Å². The number of nitrogens with zero attached hydrogens (tertiary/aromatic N) is 2. The smallest absolute Gasteiger partial charge is 0.250 e. The third kappa shape index (κ3) is 2.95. The Kier molecular flexibility index (Phi) is 3.87. The van der Waals surface area contributed by atoms with Crippen LogP contribution in [-0.2, 0) is 0 Å². The fourth-order valence-electron chi connectivity index (χ4n) is 2.60. The zero-order valence-electron chi connectivity index (χ0n) is 13.1. The molecule has 0 unspecified atom stereocenters. The number of hydrogen-bond acceptors (Lipinski definition) is 5. The van der Waals surface area contributed by atoms with Gasteiger partial charge in [-0.25, -0.2) is 9.97 Å². The predicted molar refractivity (Wildman–Crippen MR) is 101 cm³/mol. The molecule has 4 aromatic rings. The number of fused-ring (bicyclic) bond motifs is 1. The van der Waals surface area contributed by atoms with Gasteiger partial charge in [-0.3, -0.25) is 4.79 Å². The standard InChI is InChI=1S/C19H14N4OS/c20-16(24)13-8-4-5-9-15(13)21-18-14-10-11-25-19(14)23-17(22-18)12-6-2-1-3-7-12/h1-11H,(H2,20,24)(H,21,22,23). The topological polar surface area (TPSA) is 80.9 Å². The Morgan fingerprint density at radius 2 is 1.72 bits per heavy atom. The third-order valence-corrected chi connectivity index (χ3v) is 4.61. The number of anilines is 2. The Morgan fingerprint density at radius 1 is 0.960 bits per heavy atom. The van der Waals surface area contributed by atoms with Gasteiger partial charge in [0, 0.05) is 5.56 Å². The van der Waals surface area contributed by atoms with Crippen molar-refractivity contribution in [3.8, 4) is 11.4 Å². The molecule has 3 N–H and O–H groups in total. The van der Waals surface area contributed by atoms with Gasteiger partial charge in [-0.15, -0.1) is 11.3 Å². The van der Waals surface area contributed by atoms with Crippen LogP contribution < -0.4 is 11.1 Å². The van der Waals surface area contributed by atoms with Crippen molar-refractivity contribution in [2.75, 3.05) is 5.32 Å². The number of amides is 1. The van der Waals surface area contributed by atoms with E-state index in [2.05, 4.69) is 15.3 Å². The second-order valence-electron chi connectivity index (χ2n) is 5.44. The first-order valence-corrected chi connectivity index (χ1v) is 8.57. The second-order valence-corrected chi connectivity index (χ2v) is 6.33. The molecule has 2 heterocycles. The van der Waals surface area contributed by atoms with Gasteiger partial charge in [-0.1, -0.05) is 42.5 Å². The van der Waals surface area contributed by atoms with Crippen LogP contribution in [0.5, 0.6) is 0 Å². The normalized spacial score (nSPS) is 10.7. The average Bonchev–Trinajstić information content (AvgIpc) is 3.11. The molecule has 0 aliphatic rings. The summed E-state index contributed by atoms with van der Waals surface area (Å²) in [6.07, 6.45) is 0. The van der Waals surface area contributed by atoms with Crippen LogP contribution in [0, 0.1) is 0 Å². The number of nitrogens with two attached hydrogens (primary N) is 1. The molecule has 122 valence electrons. The zero-order chi connectivity index (χ0) is 17.2. The third-order valence-electron chi connectivity index (χ3n) is 3.80. The Morgan fingerprint density at radius 3 is 2.52 bits per heavy atom. The summed E-state index contributed by atoms with van der Waals surface area (Å²) >= 11 is 1.55. The van der Waals surface area contributed by atoms with Crippen LogP contribution in [0.25, 0.3) is 21.6 Å². The molecule has 6 heteroatoms. The Labute approximate surface area is 148 Å². The minimum Gasteiger partial charge on any atom is -0.366 e. The van der Waals surface area contributed by atoms with E-state index in [1.54, 1.807) is 23.5 Å². The molecular formula is C19H14N4OS. The molecule has 25 heavy (non-hydrogen) atoms. The molecule has 0 saturated heterocycles. The number of rotatable bonds is 4. The highest BCUT2D eigenvalue weighted by molar-refractivity contribution is 7.16. The van der Waals surface area contributed by atoms with E-state index in [0.29, 0.717) is 22.9 Å². The van der Waals surface area contributed by atoms with Gasteiger partial charge in [0.05, 0.1) is 16.6 Å². The van der Waals surface area contributed by atoms with Gasteiger partial charge < -0.3 is 11.1 Å². The average molecular weight is 346 g/mol. The molecule has 2 aromatic carbocycles. The lowest BCUT2D eigenvalue weighted by atomic mass is 10.1. The number of nitrogens with one attached hydrogen (secondary N) is 1. The summed E-state index contributed by atoms with van der Waals surface area (Å²) in [6.45, 7) is 0. The first-order chi connectivity index (χ1) is 12.2. The molecule has 2 aromatic heterocycles. The molecule has 0 aliphatic heterocycles. The maximum atomic E-state index is 11.7. The van der Waals surface area contributed by atoms with E-state index in [9.17, 15) is 4.79 Å². The first kappa shape index (κ1) is 15.3. The molecule has 4 rings (SSSR count). The highest BCUT2D eigenvalue weighted by atomic mass is 32.1. The van der Waals surface area contributed by atoms with E-state index < -0.39 is 5.91 Å². The van der Waals surface area contributed by atoms with Crippen molar-refractivity contribution in [1.29, 1.82) is 0 Å². The number of carbonyl (C=O) groups excluding carboxylic acids is 1. The van der Waals surface area contributed by atoms with Gasteiger partial charge in [-0.05, 0) is 23.6 Å². The van der Waals surface area contributed by atoms with Crippen molar-refractivity contribution in [2.45, 2.75) is 0 Å². The molecule has 0 atom stereocenters. The van der Waals surface area contributed by atoms with E-state index in [1.165, 1.54) is 0 Å². The Balaban J connectivity index is 1.85. The maximum Gasteiger partial charge on any atom is 0.250 e. The largest absolute Gasteiger partial charge is 0.366 e. The number of carbonyl (C=O) groups is 1. The monoisotopic (exact) mass is 346 g/mol. The van der Waals surface area contributed by atoms with Crippen LogP contribution in [0.3, 0.4) is 0 Å². The van der Waals surface area contributed by atoms with Crippen molar-refractivity contribution in [3.05, 3.63) is 71.6 Å². The summed E-state index contributed by atoms with van der Waals surface area (Å²) < 4.78 is 0. The summed E-state index contributed by atoms with van der Waals surface area (Å²) in [4.78, 5) is 21.9. The van der Waals surface area contributed by atoms with E-state index in [4.69, 9.17) is 5.73 Å². The summed E-state index contributed by atoms with van der Waals surface area (Å²) in [5.41, 5.74) is 7.45. The SMILES string of the molecule is NC(=O)c1ccccc1Nc1nc(-c2ccccc2)nc2sccc12. The van der Waals surface area contributed by atoms with Crippen LogP contribution in [0.15, 0.2) is 66.0 Å². The molecule has 0 fully saturated rings. The van der Waals surface area contributed by atoms with Gasteiger partial charge in [0.25, 0.3) is 5.91 Å². The highest BCUT2D eigenvalue weighted by Crippen LogP contribution is 2.31. The van der Waals surface area contributed by atoms with Crippen molar-refractivity contribution in [3.63, 3.8) is 0 Å². The zero-order valence-corrected chi connectivity index (χ0v) is 14.0.